The van der Waals surface area contributed by atoms with Gasteiger partial charge in [-0.1, -0.05) is 64.2 Å². The summed E-state index contributed by atoms with van der Waals surface area (Å²) < 4.78 is 0. The van der Waals surface area contributed by atoms with Crippen molar-refractivity contribution in [3.63, 3.8) is 0 Å². The number of aliphatic hydroxyl groups is 3. The van der Waals surface area contributed by atoms with Gasteiger partial charge in [0.2, 0.25) is 0 Å². The average molecular weight is 429 g/mol. The first-order valence-corrected chi connectivity index (χ1v) is 12.3. The largest absolute Gasteiger partial charge is 0.393 e. The van der Waals surface area contributed by atoms with E-state index < -0.39 is 17.8 Å². The summed E-state index contributed by atoms with van der Waals surface area (Å²) in [5.74, 6) is 1.87. The van der Waals surface area contributed by atoms with E-state index in [2.05, 4.69) is 52.5 Å². The van der Waals surface area contributed by atoms with Crippen molar-refractivity contribution in [3.05, 3.63) is 47.6 Å². The summed E-state index contributed by atoms with van der Waals surface area (Å²) in [6.45, 7) is 14.9. The molecule has 3 N–H and O–H groups in total. The topological polar surface area (TPSA) is 60.7 Å². The maximum Gasteiger partial charge on any atom is 0.0822 e. The van der Waals surface area contributed by atoms with E-state index in [1.807, 2.05) is 13.0 Å². The van der Waals surface area contributed by atoms with E-state index in [0.29, 0.717) is 36.0 Å². The molecular formula is C28H44O3. The van der Waals surface area contributed by atoms with Gasteiger partial charge in [0.05, 0.1) is 17.8 Å². The fraction of sp³-hybridized carbons (Fsp3) is 0.714. The van der Waals surface area contributed by atoms with Gasteiger partial charge in [-0.15, -0.1) is 0 Å². The predicted octanol–water partition coefficient (Wildman–Crippen LogP) is 5.73. The van der Waals surface area contributed by atoms with E-state index >= 15 is 0 Å². The molecule has 3 saturated carbocycles. The normalized spacial score (nSPS) is 40.0. The van der Waals surface area contributed by atoms with Crippen LogP contribution in [0.1, 0.15) is 79.6 Å². The Balaban J connectivity index is 1.78. The SMILES string of the molecule is C=C1C(=CC=C2CCC[C@@]3(C)C2CC[C@@H]3[C@H](C)/C=C/[C@@](C)(O)C(C)C)C[C@@H](O)C[C@@H]1O. The van der Waals surface area contributed by atoms with Crippen molar-refractivity contribution in [2.45, 2.75) is 97.4 Å². The summed E-state index contributed by atoms with van der Waals surface area (Å²) in [4.78, 5) is 0. The fourth-order valence-electron chi connectivity index (χ4n) is 6.28. The van der Waals surface area contributed by atoms with E-state index in [1.165, 1.54) is 31.3 Å². The zero-order valence-corrected chi connectivity index (χ0v) is 20.3. The number of allylic oxidation sites excluding steroid dienone is 4. The minimum Gasteiger partial charge on any atom is -0.393 e. The van der Waals surface area contributed by atoms with Crippen LogP contribution in [0, 0.1) is 29.1 Å². The van der Waals surface area contributed by atoms with Gasteiger partial charge < -0.3 is 15.3 Å². The second-order valence-electron chi connectivity index (χ2n) is 11.3. The molecule has 3 aliphatic rings. The Kier molecular flexibility index (Phi) is 7.40. The molecule has 0 heterocycles. The second-order valence-corrected chi connectivity index (χ2v) is 11.3. The van der Waals surface area contributed by atoms with Crippen molar-refractivity contribution in [2.75, 3.05) is 0 Å². The molecule has 0 bridgehead atoms. The van der Waals surface area contributed by atoms with Gasteiger partial charge in [-0.2, -0.15) is 0 Å². The minimum atomic E-state index is -0.755. The number of aliphatic hydroxyl groups excluding tert-OH is 2. The van der Waals surface area contributed by atoms with E-state index in [-0.39, 0.29) is 5.92 Å². The number of hydrogen-bond acceptors (Lipinski definition) is 3. The van der Waals surface area contributed by atoms with Gasteiger partial charge in [0.15, 0.2) is 0 Å². The van der Waals surface area contributed by atoms with Crippen molar-refractivity contribution in [1.29, 1.82) is 0 Å². The van der Waals surface area contributed by atoms with Crippen molar-refractivity contribution in [1.82, 2.24) is 0 Å². The molecule has 174 valence electrons. The van der Waals surface area contributed by atoms with Crippen LogP contribution in [0.15, 0.2) is 47.6 Å². The van der Waals surface area contributed by atoms with E-state index in [4.69, 9.17) is 0 Å². The van der Waals surface area contributed by atoms with Gasteiger partial charge >= 0.3 is 0 Å². The molecular weight excluding hydrogens is 384 g/mol. The lowest BCUT2D eigenvalue weighted by molar-refractivity contribution is 0.0607. The highest BCUT2D eigenvalue weighted by Gasteiger charge is 2.50. The summed E-state index contributed by atoms with van der Waals surface area (Å²) >= 11 is 0. The van der Waals surface area contributed by atoms with Crippen LogP contribution in [0.2, 0.25) is 0 Å². The molecule has 0 aliphatic heterocycles. The first kappa shape index (κ1) is 24.5. The predicted molar refractivity (Wildman–Crippen MR) is 128 cm³/mol. The number of hydrogen-bond donors (Lipinski definition) is 3. The maximum atomic E-state index is 10.6. The second kappa shape index (κ2) is 9.37. The summed E-state index contributed by atoms with van der Waals surface area (Å²) in [6, 6.07) is 0. The summed E-state index contributed by atoms with van der Waals surface area (Å²) in [6.07, 6.45) is 14.6. The molecule has 0 aromatic rings. The van der Waals surface area contributed by atoms with Crippen LogP contribution in [0.5, 0.6) is 0 Å². The monoisotopic (exact) mass is 428 g/mol. The Morgan fingerprint density at radius 1 is 1.16 bits per heavy atom. The van der Waals surface area contributed by atoms with Gasteiger partial charge in [0, 0.05) is 6.42 Å². The van der Waals surface area contributed by atoms with Gasteiger partial charge in [-0.05, 0) is 85.7 Å². The van der Waals surface area contributed by atoms with Crippen molar-refractivity contribution in [3.8, 4) is 0 Å². The minimum absolute atomic E-state index is 0.201. The van der Waals surface area contributed by atoms with Crippen LogP contribution in [-0.2, 0) is 0 Å². The van der Waals surface area contributed by atoms with Crippen LogP contribution in [0.3, 0.4) is 0 Å². The van der Waals surface area contributed by atoms with Crippen molar-refractivity contribution < 1.29 is 15.3 Å². The molecule has 0 saturated heterocycles. The molecule has 0 amide bonds. The highest BCUT2D eigenvalue weighted by Crippen LogP contribution is 2.59. The van der Waals surface area contributed by atoms with Crippen LogP contribution < -0.4 is 0 Å². The Morgan fingerprint density at radius 3 is 2.55 bits per heavy atom. The van der Waals surface area contributed by atoms with Crippen LogP contribution >= 0.6 is 0 Å². The van der Waals surface area contributed by atoms with Crippen LogP contribution in [0.25, 0.3) is 0 Å². The quantitative estimate of drug-likeness (QED) is 0.490. The van der Waals surface area contributed by atoms with Crippen LogP contribution in [-0.4, -0.2) is 33.1 Å². The third-order valence-electron chi connectivity index (χ3n) is 8.84. The molecule has 3 nitrogen and oxygen atoms in total. The van der Waals surface area contributed by atoms with Crippen LogP contribution in [0.4, 0.5) is 0 Å². The zero-order valence-electron chi connectivity index (χ0n) is 20.3. The molecule has 0 aromatic carbocycles. The van der Waals surface area contributed by atoms with E-state index in [0.717, 1.165) is 17.6 Å². The Morgan fingerprint density at radius 2 is 1.87 bits per heavy atom. The summed E-state index contributed by atoms with van der Waals surface area (Å²) in [7, 11) is 0. The highest BCUT2D eigenvalue weighted by molar-refractivity contribution is 5.38. The third-order valence-corrected chi connectivity index (χ3v) is 8.84. The molecule has 3 fully saturated rings. The molecule has 0 aromatic heterocycles. The lowest BCUT2D eigenvalue weighted by atomic mass is 9.61. The Hall–Kier alpha value is -1.16. The molecule has 7 atom stereocenters. The molecule has 1 unspecified atom stereocenters. The average Bonchev–Trinajstić information content (AvgIpc) is 3.05. The van der Waals surface area contributed by atoms with E-state index in [9.17, 15) is 15.3 Å². The summed E-state index contributed by atoms with van der Waals surface area (Å²) in [5.41, 5.74) is 2.82. The lowest BCUT2D eigenvalue weighted by Crippen LogP contribution is -2.36. The molecule has 0 radical (unpaired) electrons. The first-order valence-electron chi connectivity index (χ1n) is 12.3. The third kappa shape index (κ3) is 5.10. The van der Waals surface area contributed by atoms with E-state index in [1.54, 1.807) is 0 Å². The Labute approximate surface area is 189 Å². The van der Waals surface area contributed by atoms with Gasteiger partial charge in [0.1, 0.15) is 0 Å². The standard InChI is InChI=1S/C28H44O3/c1-18(2)28(6,31)15-13-19(3)24-11-12-25-21(8-7-14-27(24,25)5)9-10-22-16-23(29)17-26(30)20(22)4/h9-10,13,15,18-19,23-26,29-31H,4,7-8,11-12,14,16-17H2,1-3,5-6H3/b15-13+,21-9?,22-10?/t19-,23-,24-,25?,26+,27-,28-/m1/s1. The van der Waals surface area contributed by atoms with Gasteiger partial charge in [0.25, 0.3) is 0 Å². The lowest BCUT2D eigenvalue weighted by Gasteiger charge is -2.44. The number of rotatable bonds is 5. The zero-order chi connectivity index (χ0) is 23.0. The Bertz CT molecular complexity index is 756. The molecule has 31 heavy (non-hydrogen) atoms. The van der Waals surface area contributed by atoms with Crippen molar-refractivity contribution >= 4 is 0 Å². The molecule has 3 aliphatic carbocycles. The first-order chi connectivity index (χ1) is 14.5. The summed E-state index contributed by atoms with van der Waals surface area (Å²) in [5, 5.41) is 30.8. The van der Waals surface area contributed by atoms with Gasteiger partial charge in [-0.25, -0.2) is 0 Å². The fourth-order valence-corrected chi connectivity index (χ4v) is 6.28. The molecule has 3 rings (SSSR count). The van der Waals surface area contributed by atoms with Gasteiger partial charge in [-0.3, -0.25) is 0 Å². The number of fused-ring (bicyclic) bond motifs is 1. The molecule has 3 heteroatoms. The molecule has 0 spiro atoms. The smallest absolute Gasteiger partial charge is 0.0822 e. The highest BCUT2D eigenvalue weighted by atomic mass is 16.3. The van der Waals surface area contributed by atoms with Crippen molar-refractivity contribution in [2.24, 2.45) is 29.1 Å². The maximum absolute atomic E-state index is 10.6.